The lowest BCUT2D eigenvalue weighted by atomic mass is 10.1. The van der Waals surface area contributed by atoms with Crippen molar-refractivity contribution in [2.24, 2.45) is 5.73 Å². The summed E-state index contributed by atoms with van der Waals surface area (Å²) < 4.78 is 0. The van der Waals surface area contributed by atoms with E-state index in [9.17, 15) is 4.79 Å². The molecule has 3 N–H and O–H groups in total. The monoisotopic (exact) mass is 275 g/mol. The summed E-state index contributed by atoms with van der Waals surface area (Å²) in [7, 11) is 1.90. The molecule has 4 nitrogen and oxygen atoms in total. The zero-order valence-electron chi connectivity index (χ0n) is 12.3. The number of hydrogen-bond acceptors (Lipinski definition) is 2. The molecule has 1 aliphatic rings. The molecule has 1 saturated carbocycles. The van der Waals surface area contributed by atoms with Crippen molar-refractivity contribution in [3.8, 4) is 0 Å². The van der Waals surface area contributed by atoms with Gasteiger partial charge in [-0.2, -0.15) is 0 Å². The van der Waals surface area contributed by atoms with Gasteiger partial charge in [-0.1, -0.05) is 37.8 Å². The Hall–Kier alpha value is -1.55. The molecule has 1 aromatic rings. The summed E-state index contributed by atoms with van der Waals surface area (Å²) in [6.07, 6.45) is 7.30. The van der Waals surface area contributed by atoms with E-state index in [-0.39, 0.29) is 6.03 Å². The molecule has 0 aromatic heterocycles. The van der Waals surface area contributed by atoms with Gasteiger partial charge in [0.25, 0.3) is 0 Å². The molecule has 1 aliphatic carbocycles. The largest absolute Gasteiger partial charge is 0.326 e. The maximum atomic E-state index is 12.3. The van der Waals surface area contributed by atoms with Gasteiger partial charge >= 0.3 is 6.03 Å². The first-order valence-electron chi connectivity index (χ1n) is 7.53. The molecule has 0 spiro atoms. The number of urea groups is 1. The molecule has 0 radical (unpaired) electrons. The third kappa shape index (κ3) is 3.97. The van der Waals surface area contributed by atoms with Crippen LogP contribution in [0.15, 0.2) is 24.3 Å². The van der Waals surface area contributed by atoms with Crippen molar-refractivity contribution >= 4 is 11.7 Å². The predicted octanol–water partition coefficient (Wildman–Crippen LogP) is 3.33. The first kappa shape index (κ1) is 14.9. The highest BCUT2D eigenvalue weighted by Crippen LogP contribution is 2.21. The molecule has 1 fully saturated rings. The molecule has 0 saturated heterocycles. The van der Waals surface area contributed by atoms with E-state index >= 15 is 0 Å². The summed E-state index contributed by atoms with van der Waals surface area (Å²) in [5.41, 5.74) is 7.46. The highest BCUT2D eigenvalue weighted by Gasteiger charge is 2.21. The molecule has 1 aromatic carbocycles. The van der Waals surface area contributed by atoms with Crippen LogP contribution in [0.1, 0.15) is 44.1 Å². The lowest BCUT2D eigenvalue weighted by Gasteiger charge is -2.27. The maximum absolute atomic E-state index is 12.3. The van der Waals surface area contributed by atoms with Crippen molar-refractivity contribution in [3.05, 3.63) is 29.8 Å². The minimum atomic E-state index is -0.0163. The zero-order chi connectivity index (χ0) is 14.4. The zero-order valence-corrected chi connectivity index (χ0v) is 12.3. The second-order valence-electron chi connectivity index (χ2n) is 5.59. The first-order chi connectivity index (χ1) is 9.70. The van der Waals surface area contributed by atoms with Crippen molar-refractivity contribution in [1.82, 2.24) is 4.90 Å². The molecule has 20 heavy (non-hydrogen) atoms. The number of nitrogens with one attached hydrogen (secondary N) is 1. The molecular weight excluding hydrogens is 250 g/mol. The average molecular weight is 275 g/mol. The summed E-state index contributed by atoms with van der Waals surface area (Å²) in [6.45, 7) is 0.524. The third-order valence-corrected chi connectivity index (χ3v) is 4.13. The van der Waals surface area contributed by atoms with Crippen molar-refractivity contribution in [2.75, 3.05) is 12.4 Å². The van der Waals surface area contributed by atoms with Gasteiger partial charge in [-0.25, -0.2) is 4.79 Å². The number of anilines is 1. The first-order valence-corrected chi connectivity index (χ1v) is 7.53. The molecule has 0 bridgehead atoms. The fraction of sp³-hybridized carbons (Fsp3) is 0.562. The Bertz CT molecular complexity index is 422. The van der Waals surface area contributed by atoms with Gasteiger partial charge in [-0.05, 0) is 30.5 Å². The van der Waals surface area contributed by atoms with Crippen LogP contribution in [0.2, 0.25) is 0 Å². The molecule has 110 valence electrons. The number of nitrogens with zero attached hydrogens (tertiary/aromatic N) is 1. The number of hydrogen-bond donors (Lipinski definition) is 2. The second kappa shape index (κ2) is 7.29. The molecule has 0 atom stereocenters. The van der Waals surface area contributed by atoms with E-state index < -0.39 is 0 Å². The summed E-state index contributed by atoms with van der Waals surface area (Å²) in [5.74, 6) is 0. The SMILES string of the molecule is CN(C(=O)Nc1ccc(CN)cc1)C1CCCCCC1. The van der Waals surface area contributed by atoms with E-state index in [0.717, 1.165) is 24.1 Å². The van der Waals surface area contributed by atoms with Crippen LogP contribution in [0.3, 0.4) is 0 Å². The highest BCUT2D eigenvalue weighted by molar-refractivity contribution is 5.89. The molecular formula is C16H25N3O. The van der Waals surface area contributed by atoms with Crippen molar-refractivity contribution < 1.29 is 4.79 Å². The van der Waals surface area contributed by atoms with Gasteiger partial charge in [0.15, 0.2) is 0 Å². The Labute approximate surface area is 121 Å². The van der Waals surface area contributed by atoms with Gasteiger partial charge < -0.3 is 16.0 Å². The van der Waals surface area contributed by atoms with Gasteiger partial charge in [0, 0.05) is 25.3 Å². The molecule has 0 aliphatic heterocycles. The number of amides is 2. The molecule has 0 unspecified atom stereocenters. The van der Waals surface area contributed by atoms with Crippen molar-refractivity contribution in [2.45, 2.75) is 51.1 Å². The number of carbonyl (C=O) groups excluding carboxylic acids is 1. The molecule has 2 rings (SSSR count). The van der Waals surface area contributed by atoms with Crippen LogP contribution in [-0.2, 0) is 6.54 Å². The van der Waals surface area contributed by atoms with E-state index in [1.54, 1.807) is 0 Å². The maximum Gasteiger partial charge on any atom is 0.321 e. The summed E-state index contributed by atoms with van der Waals surface area (Å²) >= 11 is 0. The fourth-order valence-corrected chi connectivity index (χ4v) is 2.75. The lowest BCUT2D eigenvalue weighted by molar-refractivity contribution is 0.197. The summed E-state index contributed by atoms with van der Waals surface area (Å²) in [4.78, 5) is 14.1. The molecule has 4 heteroatoms. The number of rotatable bonds is 3. The van der Waals surface area contributed by atoms with Crippen LogP contribution in [0, 0.1) is 0 Å². The van der Waals surface area contributed by atoms with Gasteiger partial charge in [-0.3, -0.25) is 0 Å². The Morgan fingerprint density at radius 1 is 1.20 bits per heavy atom. The van der Waals surface area contributed by atoms with Gasteiger partial charge in [0.1, 0.15) is 0 Å². The normalized spacial score (nSPS) is 16.5. The van der Waals surface area contributed by atoms with E-state index in [2.05, 4.69) is 5.32 Å². The number of benzene rings is 1. The Kier molecular flexibility index (Phi) is 5.41. The third-order valence-electron chi connectivity index (χ3n) is 4.13. The van der Waals surface area contributed by atoms with E-state index in [1.807, 2.05) is 36.2 Å². The fourth-order valence-electron chi connectivity index (χ4n) is 2.75. The Morgan fingerprint density at radius 2 is 1.80 bits per heavy atom. The second-order valence-corrected chi connectivity index (χ2v) is 5.59. The lowest BCUT2D eigenvalue weighted by Crippen LogP contribution is -2.39. The van der Waals surface area contributed by atoms with E-state index in [4.69, 9.17) is 5.73 Å². The van der Waals surface area contributed by atoms with Crippen LogP contribution in [-0.4, -0.2) is 24.0 Å². The predicted molar refractivity (Wildman–Crippen MR) is 82.6 cm³/mol. The van der Waals surface area contributed by atoms with Crippen LogP contribution in [0.25, 0.3) is 0 Å². The molecule has 0 heterocycles. The minimum absolute atomic E-state index is 0.0163. The molecule has 2 amide bonds. The summed E-state index contributed by atoms with van der Waals surface area (Å²) in [5, 5.41) is 2.96. The number of carbonyl (C=O) groups is 1. The van der Waals surface area contributed by atoms with Crippen molar-refractivity contribution in [3.63, 3.8) is 0 Å². The standard InChI is InChI=1S/C16H25N3O/c1-19(15-6-4-2-3-5-7-15)16(20)18-14-10-8-13(12-17)9-11-14/h8-11,15H,2-7,12,17H2,1H3,(H,18,20). The average Bonchev–Trinajstić information content (AvgIpc) is 2.76. The Morgan fingerprint density at radius 3 is 2.35 bits per heavy atom. The number of nitrogens with two attached hydrogens (primary N) is 1. The van der Waals surface area contributed by atoms with E-state index in [0.29, 0.717) is 12.6 Å². The van der Waals surface area contributed by atoms with Crippen LogP contribution in [0.5, 0.6) is 0 Å². The minimum Gasteiger partial charge on any atom is -0.326 e. The van der Waals surface area contributed by atoms with Gasteiger partial charge in [0.2, 0.25) is 0 Å². The van der Waals surface area contributed by atoms with Gasteiger partial charge in [-0.15, -0.1) is 0 Å². The highest BCUT2D eigenvalue weighted by atomic mass is 16.2. The van der Waals surface area contributed by atoms with E-state index in [1.165, 1.54) is 25.7 Å². The van der Waals surface area contributed by atoms with Crippen molar-refractivity contribution in [1.29, 1.82) is 0 Å². The summed E-state index contributed by atoms with van der Waals surface area (Å²) in [6, 6.07) is 8.06. The van der Waals surface area contributed by atoms with Crippen LogP contribution in [0.4, 0.5) is 10.5 Å². The smallest absolute Gasteiger partial charge is 0.321 e. The topological polar surface area (TPSA) is 58.4 Å². The van der Waals surface area contributed by atoms with Gasteiger partial charge in [0.05, 0.1) is 0 Å². The Balaban J connectivity index is 1.92. The quantitative estimate of drug-likeness (QED) is 0.831. The van der Waals surface area contributed by atoms with Crippen LogP contribution < -0.4 is 11.1 Å². The van der Waals surface area contributed by atoms with Crippen LogP contribution >= 0.6 is 0 Å².